The van der Waals surface area contributed by atoms with Gasteiger partial charge in [-0.15, -0.1) is 0 Å². The predicted molar refractivity (Wildman–Crippen MR) is 58.8 cm³/mol. The van der Waals surface area contributed by atoms with Crippen molar-refractivity contribution in [2.24, 2.45) is 0 Å². The van der Waals surface area contributed by atoms with E-state index >= 15 is 0 Å². The second-order valence-electron chi connectivity index (χ2n) is 3.45. The third-order valence-corrected chi connectivity index (χ3v) is 2.43. The van der Waals surface area contributed by atoms with E-state index < -0.39 is 5.95 Å². The van der Waals surface area contributed by atoms with Gasteiger partial charge in [-0.25, -0.2) is 9.67 Å². The first kappa shape index (κ1) is 9.03. The number of para-hydroxylation sites is 1. The van der Waals surface area contributed by atoms with Crippen LogP contribution in [0.1, 0.15) is 0 Å². The van der Waals surface area contributed by atoms with Crippen molar-refractivity contribution in [3.63, 3.8) is 0 Å². The molecule has 0 saturated carbocycles. The summed E-state index contributed by atoms with van der Waals surface area (Å²) in [4.78, 5) is 3.61. The van der Waals surface area contributed by atoms with Gasteiger partial charge in [0.25, 0.3) is 0 Å². The van der Waals surface area contributed by atoms with Crippen molar-refractivity contribution >= 4 is 10.9 Å². The maximum absolute atomic E-state index is 12.7. The summed E-state index contributed by atoms with van der Waals surface area (Å²) in [6.45, 7) is 0. The quantitative estimate of drug-likeness (QED) is 0.581. The molecule has 2 aromatic heterocycles. The minimum absolute atomic E-state index is 0.486. The molecule has 0 unspecified atom stereocenters. The van der Waals surface area contributed by atoms with E-state index in [4.69, 9.17) is 0 Å². The summed E-state index contributed by atoms with van der Waals surface area (Å²) in [5.41, 5.74) is 1.73. The molecule has 0 atom stereocenters. The summed E-state index contributed by atoms with van der Waals surface area (Å²) in [5, 5.41) is 5.30. The SMILES string of the molecule is Fc1ccc(-n2ncc3ccccc32)cn1. The molecule has 0 aliphatic carbocycles. The highest BCUT2D eigenvalue weighted by Crippen LogP contribution is 2.16. The molecule has 0 radical (unpaired) electrons. The lowest BCUT2D eigenvalue weighted by molar-refractivity contribution is 0.582. The molecule has 2 heterocycles. The van der Waals surface area contributed by atoms with Crippen LogP contribution in [-0.4, -0.2) is 14.8 Å². The largest absolute Gasteiger partial charge is 0.232 e. The second kappa shape index (κ2) is 3.41. The second-order valence-corrected chi connectivity index (χ2v) is 3.45. The predicted octanol–water partition coefficient (Wildman–Crippen LogP) is 2.56. The van der Waals surface area contributed by atoms with Crippen LogP contribution >= 0.6 is 0 Å². The monoisotopic (exact) mass is 213 g/mol. The molecule has 1 aromatic carbocycles. The van der Waals surface area contributed by atoms with Gasteiger partial charge in [0.2, 0.25) is 5.95 Å². The highest BCUT2D eigenvalue weighted by Gasteiger charge is 2.04. The summed E-state index contributed by atoms with van der Waals surface area (Å²) in [6, 6.07) is 10.8. The summed E-state index contributed by atoms with van der Waals surface area (Å²) in [5.74, 6) is -0.486. The lowest BCUT2D eigenvalue weighted by Gasteiger charge is -2.01. The normalized spacial score (nSPS) is 10.8. The van der Waals surface area contributed by atoms with E-state index in [9.17, 15) is 4.39 Å². The van der Waals surface area contributed by atoms with E-state index in [0.29, 0.717) is 0 Å². The Morgan fingerprint density at radius 2 is 1.88 bits per heavy atom. The van der Waals surface area contributed by atoms with Crippen molar-refractivity contribution in [2.75, 3.05) is 0 Å². The van der Waals surface area contributed by atoms with Crippen LogP contribution in [-0.2, 0) is 0 Å². The molecule has 3 aromatic rings. The van der Waals surface area contributed by atoms with Crippen LogP contribution in [0.2, 0.25) is 0 Å². The Kier molecular flexibility index (Phi) is 1.93. The van der Waals surface area contributed by atoms with Crippen LogP contribution in [0.4, 0.5) is 4.39 Å². The molecule has 16 heavy (non-hydrogen) atoms. The lowest BCUT2D eigenvalue weighted by Crippen LogP contribution is -1.97. The lowest BCUT2D eigenvalue weighted by atomic mass is 10.2. The van der Waals surface area contributed by atoms with Gasteiger partial charge < -0.3 is 0 Å². The number of hydrogen-bond donors (Lipinski definition) is 0. The Morgan fingerprint density at radius 3 is 2.69 bits per heavy atom. The number of pyridine rings is 1. The molecule has 3 nitrogen and oxygen atoms in total. The molecule has 0 aliphatic rings. The number of fused-ring (bicyclic) bond motifs is 1. The molecule has 0 bridgehead atoms. The van der Waals surface area contributed by atoms with E-state index in [2.05, 4.69) is 10.1 Å². The fraction of sp³-hybridized carbons (Fsp3) is 0. The van der Waals surface area contributed by atoms with Gasteiger partial charge in [0, 0.05) is 5.39 Å². The molecule has 0 spiro atoms. The molecule has 0 fully saturated rings. The maximum atomic E-state index is 12.7. The van der Waals surface area contributed by atoms with Crippen LogP contribution in [0, 0.1) is 5.95 Å². The topological polar surface area (TPSA) is 30.7 Å². The summed E-state index contributed by atoms with van der Waals surface area (Å²) in [7, 11) is 0. The zero-order valence-corrected chi connectivity index (χ0v) is 8.34. The van der Waals surface area contributed by atoms with Gasteiger partial charge in [-0.05, 0) is 18.2 Å². The van der Waals surface area contributed by atoms with Gasteiger partial charge >= 0.3 is 0 Å². The van der Waals surface area contributed by atoms with Crippen molar-refractivity contribution in [1.82, 2.24) is 14.8 Å². The zero-order chi connectivity index (χ0) is 11.0. The summed E-state index contributed by atoms with van der Waals surface area (Å²) < 4.78 is 14.4. The average molecular weight is 213 g/mol. The molecule has 0 saturated heterocycles. The minimum Gasteiger partial charge on any atom is -0.232 e. The third-order valence-electron chi connectivity index (χ3n) is 2.43. The third kappa shape index (κ3) is 1.35. The van der Waals surface area contributed by atoms with E-state index in [1.807, 2.05) is 24.3 Å². The molecule has 3 rings (SSSR count). The Hall–Kier alpha value is -2.23. The first-order valence-corrected chi connectivity index (χ1v) is 4.89. The van der Waals surface area contributed by atoms with Crippen molar-refractivity contribution in [2.45, 2.75) is 0 Å². The average Bonchev–Trinajstić information content (AvgIpc) is 2.74. The highest BCUT2D eigenvalue weighted by molar-refractivity contribution is 5.79. The van der Waals surface area contributed by atoms with Crippen molar-refractivity contribution in [3.05, 3.63) is 54.7 Å². The molecule has 4 heteroatoms. The Bertz CT molecular complexity index is 628. The van der Waals surface area contributed by atoms with Crippen molar-refractivity contribution < 1.29 is 4.39 Å². The maximum Gasteiger partial charge on any atom is 0.212 e. The number of aromatic nitrogens is 3. The fourth-order valence-corrected chi connectivity index (χ4v) is 1.67. The van der Waals surface area contributed by atoms with Gasteiger partial charge in [0.1, 0.15) is 0 Å². The molecule has 0 amide bonds. The van der Waals surface area contributed by atoms with E-state index in [0.717, 1.165) is 16.6 Å². The van der Waals surface area contributed by atoms with Gasteiger partial charge in [0.15, 0.2) is 0 Å². The number of hydrogen-bond acceptors (Lipinski definition) is 2. The van der Waals surface area contributed by atoms with E-state index in [1.165, 1.54) is 12.3 Å². The number of nitrogens with zero attached hydrogens (tertiary/aromatic N) is 3. The molecular formula is C12H8FN3. The minimum atomic E-state index is -0.486. The van der Waals surface area contributed by atoms with Gasteiger partial charge in [-0.2, -0.15) is 9.49 Å². The number of halogens is 1. The molecule has 0 aliphatic heterocycles. The molecular weight excluding hydrogens is 205 g/mol. The number of rotatable bonds is 1. The number of benzene rings is 1. The van der Waals surface area contributed by atoms with Crippen molar-refractivity contribution in [3.8, 4) is 5.69 Å². The van der Waals surface area contributed by atoms with Gasteiger partial charge in [0.05, 0.1) is 23.6 Å². The standard InChI is InChI=1S/C12H8FN3/c13-12-6-5-10(8-14-12)16-11-4-2-1-3-9(11)7-15-16/h1-8H. The summed E-state index contributed by atoms with van der Waals surface area (Å²) in [6.07, 6.45) is 3.24. The first-order valence-electron chi connectivity index (χ1n) is 4.89. The van der Waals surface area contributed by atoms with Crippen LogP contribution in [0.5, 0.6) is 0 Å². The molecule has 78 valence electrons. The van der Waals surface area contributed by atoms with Crippen LogP contribution in [0.25, 0.3) is 16.6 Å². The van der Waals surface area contributed by atoms with Crippen LogP contribution in [0.3, 0.4) is 0 Å². The van der Waals surface area contributed by atoms with Crippen LogP contribution in [0.15, 0.2) is 48.8 Å². The van der Waals surface area contributed by atoms with Crippen LogP contribution < -0.4 is 0 Å². The van der Waals surface area contributed by atoms with Gasteiger partial charge in [-0.3, -0.25) is 0 Å². The van der Waals surface area contributed by atoms with E-state index in [-0.39, 0.29) is 0 Å². The first-order chi connectivity index (χ1) is 7.84. The fourth-order valence-electron chi connectivity index (χ4n) is 1.67. The van der Waals surface area contributed by atoms with Gasteiger partial charge in [-0.1, -0.05) is 18.2 Å². The zero-order valence-electron chi connectivity index (χ0n) is 8.34. The Morgan fingerprint density at radius 1 is 1.00 bits per heavy atom. The Labute approximate surface area is 91.2 Å². The summed E-state index contributed by atoms with van der Waals surface area (Å²) >= 11 is 0. The van der Waals surface area contributed by atoms with Crippen molar-refractivity contribution in [1.29, 1.82) is 0 Å². The smallest absolute Gasteiger partial charge is 0.212 e. The Balaban J connectivity index is 2.22. The molecule has 0 N–H and O–H groups in total. The highest BCUT2D eigenvalue weighted by atomic mass is 19.1. The van der Waals surface area contributed by atoms with E-state index in [1.54, 1.807) is 16.9 Å².